The van der Waals surface area contributed by atoms with Gasteiger partial charge in [-0.25, -0.2) is 4.98 Å². The maximum Gasteiger partial charge on any atom is 0.273 e. The van der Waals surface area contributed by atoms with Crippen LogP contribution in [-0.4, -0.2) is 28.9 Å². The molecule has 3 rings (SSSR count). The van der Waals surface area contributed by atoms with Gasteiger partial charge in [0.2, 0.25) is 0 Å². The molecule has 0 unspecified atom stereocenters. The summed E-state index contributed by atoms with van der Waals surface area (Å²) in [5.74, 6) is 1.64. The molecule has 1 aliphatic heterocycles. The largest absolute Gasteiger partial charge is 0.486 e. The van der Waals surface area contributed by atoms with Crippen molar-refractivity contribution in [3.8, 4) is 5.75 Å². The topological polar surface area (TPSA) is 42.4 Å². The highest BCUT2D eigenvalue weighted by molar-refractivity contribution is 7.09. The van der Waals surface area contributed by atoms with E-state index in [-0.39, 0.29) is 5.91 Å². The summed E-state index contributed by atoms with van der Waals surface area (Å²) >= 11 is 1.49. The Kier molecular flexibility index (Phi) is 5.19. The Morgan fingerprint density at radius 3 is 2.83 bits per heavy atom. The number of piperidine rings is 1. The van der Waals surface area contributed by atoms with E-state index in [0.717, 1.165) is 42.3 Å². The van der Waals surface area contributed by atoms with Crippen molar-refractivity contribution < 1.29 is 9.53 Å². The van der Waals surface area contributed by atoms with E-state index in [9.17, 15) is 4.79 Å². The van der Waals surface area contributed by atoms with Gasteiger partial charge in [-0.15, -0.1) is 11.3 Å². The molecule has 1 fully saturated rings. The van der Waals surface area contributed by atoms with Crippen LogP contribution in [0.2, 0.25) is 0 Å². The van der Waals surface area contributed by atoms with Crippen LogP contribution >= 0.6 is 11.3 Å². The van der Waals surface area contributed by atoms with Crippen LogP contribution in [0.5, 0.6) is 5.75 Å². The molecule has 24 heavy (non-hydrogen) atoms. The highest BCUT2D eigenvalue weighted by Crippen LogP contribution is 2.23. The number of aryl methyl sites for hydroxylation is 1. The molecule has 128 valence electrons. The molecule has 0 spiro atoms. The number of carbonyl (C=O) groups is 1. The Morgan fingerprint density at radius 2 is 2.08 bits per heavy atom. The Morgan fingerprint density at radius 1 is 1.33 bits per heavy atom. The van der Waals surface area contributed by atoms with Crippen molar-refractivity contribution in [3.05, 3.63) is 45.4 Å². The van der Waals surface area contributed by atoms with Gasteiger partial charge < -0.3 is 9.64 Å². The zero-order chi connectivity index (χ0) is 17.1. The molecule has 0 saturated carbocycles. The number of aromatic nitrogens is 1. The molecule has 1 amide bonds. The minimum atomic E-state index is 0.0520. The molecule has 0 aliphatic carbocycles. The SMILES string of the molecule is Cc1cccc(OCc2nc(C(=O)N3CCC(C)CC3)cs2)c1C. The number of hydrogen-bond acceptors (Lipinski definition) is 4. The van der Waals surface area contributed by atoms with E-state index in [4.69, 9.17) is 4.74 Å². The van der Waals surface area contributed by atoms with Gasteiger partial charge in [0.05, 0.1) is 0 Å². The van der Waals surface area contributed by atoms with E-state index in [1.54, 1.807) is 0 Å². The van der Waals surface area contributed by atoms with Crippen molar-refractivity contribution in [1.29, 1.82) is 0 Å². The predicted octanol–water partition coefficient (Wildman–Crippen LogP) is 4.21. The maximum atomic E-state index is 12.5. The highest BCUT2D eigenvalue weighted by Gasteiger charge is 2.23. The Bertz CT molecular complexity index is 718. The molecule has 5 heteroatoms. The molecule has 2 aromatic rings. The van der Waals surface area contributed by atoms with Gasteiger partial charge >= 0.3 is 0 Å². The smallest absolute Gasteiger partial charge is 0.273 e. The third-order valence-electron chi connectivity index (χ3n) is 4.75. The average Bonchev–Trinajstić information content (AvgIpc) is 3.05. The second-order valence-corrected chi connectivity index (χ2v) is 7.53. The number of thiazole rings is 1. The average molecular weight is 344 g/mol. The third-order valence-corrected chi connectivity index (χ3v) is 5.57. The normalized spacial score (nSPS) is 15.5. The standard InChI is InChI=1S/C19H24N2O2S/c1-13-7-9-21(10-8-13)19(22)16-12-24-18(20-16)11-23-17-6-4-5-14(2)15(17)3/h4-6,12-13H,7-11H2,1-3H3. The monoisotopic (exact) mass is 344 g/mol. The lowest BCUT2D eigenvalue weighted by atomic mass is 9.99. The highest BCUT2D eigenvalue weighted by atomic mass is 32.1. The van der Waals surface area contributed by atoms with Crippen LogP contribution in [0.3, 0.4) is 0 Å². The third kappa shape index (κ3) is 3.78. The molecule has 0 bridgehead atoms. The number of likely N-dealkylation sites (tertiary alicyclic amines) is 1. The number of amides is 1. The van der Waals surface area contributed by atoms with Crippen LogP contribution in [0.25, 0.3) is 0 Å². The molecule has 1 aliphatic rings. The fraction of sp³-hybridized carbons (Fsp3) is 0.474. The lowest BCUT2D eigenvalue weighted by Gasteiger charge is -2.29. The van der Waals surface area contributed by atoms with Crippen LogP contribution in [0.1, 0.15) is 46.4 Å². The molecule has 4 nitrogen and oxygen atoms in total. The Labute approximate surface area is 147 Å². The van der Waals surface area contributed by atoms with Crippen LogP contribution in [-0.2, 0) is 6.61 Å². The molecule has 1 saturated heterocycles. The number of rotatable bonds is 4. The number of hydrogen-bond donors (Lipinski definition) is 0. The van der Waals surface area contributed by atoms with E-state index in [2.05, 4.69) is 31.8 Å². The number of nitrogens with zero attached hydrogens (tertiary/aromatic N) is 2. The van der Waals surface area contributed by atoms with Crippen molar-refractivity contribution in [3.63, 3.8) is 0 Å². The fourth-order valence-electron chi connectivity index (χ4n) is 2.87. The van der Waals surface area contributed by atoms with E-state index in [1.807, 2.05) is 22.4 Å². The summed E-state index contributed by atoms with van der Waals surface area (Å²) < 4.78 is 5.88. The van der Waals surface area contributed by atoms with Crippen LogP contribution in [0, 0.1) is 19.8 Å². The molecular formula is C19H24N2O2S. The first-order valence-electron chi connectivity index (χ1n) is 8.47. The summed E-state index contributed by atoms with van der Waals surface area (Å²) in [6.45, 7) is 8.45. The molecule has 0 N–H and O–H groups in total. The summed E-state index contributed by atoms with van der Waals surface area (Å²) in [4.78, 5) is 18.9. The molecule has 0 atom stereocenters. The second kappa shape index (κ2) is 7.34. The number of ether oxygens (including phenoxy) is 1. The van der Waals surface area contributed by atoms with Gasteiger partial charge in [-0.2, -0.15) is 0 Å². The van der Waals surface area contributed by atoms with Gasteiger partial charge in [0.15, 0.2) is 0 Å². The number of carbonyl (C=O) groups excluding carboxylic acids is 1. The first-order chi connectivity index (χ1) is 11.5. The molecule has 0 radical (unpaired) electrons. The van der Waals surface area contributed by atoms with Gasteiger partial charge in [-0.05, 0) is 49.8 Å². The quantitative estimate of drug-likeness (QED) is 0.834. The Hall–Kier alpha value is -1.88. The zero-order valence-corrected chi connectivity index (χ0v) is 15.4. The zero-order valence-electron chi connectivity index (χ0n) is 14.5. The van der Waals surface area contributed by atoms with Crippen molar-refractivity contribution in [2.75, 3.05) is 13.1 Å². The fourth-order valence-corrected chi connectivity index (χ4v) is 3.55. The van der Waals surface area contributed by atoms with E-state index in [1.165, 1.54) is 16.9 Å². The van der Waals surface area contributed by atoms with E-state index >= 15 is 0 Å². The summed E-state index contributed by atoms with van der Waals surface area (Å²) in [6.07, 6.45) is 2.16. The molecule has 1 aromatic heterocycles. The van der Waals surface area contributed by atoms with Gasteiger partial charge in [0, 0.05) is 18.5 Å². The molecule has 1 aromatic carbocycles. The number of benzene rings is 1. The minimum Gasteiger partial charge on any atom is -0.486 e. The van der Waals surface area contributed by atoms with Crippen molar-refractivity contribution in [2.45, 2.75) is 40.2 Å². The first kappa shape index (κ1) is 17.0. The maximum absolute atomic E-state index is 12.5. The van der Waals surface area contributed by atoms with Gasteiger partial charge in [-0.1, -0.05) is 19.1 Å². The lowest BCUT2D eigenvalue weighted by molar-refractivity contribution is 0.0691. The first-order valence-corrected chi connectivity index (χ1v) is 9.35. The second-order valence-electron chi connectivity index (χ2n) is 6.59. The van der Waals surface area contributed by atoms with Gasteiger partial charge in [0.25, 0.3) is 5.91 Å². The van der Waals surface area contributed by atoms with Crippen LogP contribution < -0.4 is 4.74 Å². The van der Waals surface area contributed by atoms with Gasteiger partial charge in [0.1, 0.15) is 23.1 Å². The van der Waals surface area contributed by atoms with Crippen LogP contribution in [0.15, 0.2) is 23.6 Å². The molecular weight excluding hydrogens is 320 g/mol. The van der Waals surface area contributed by atoms with Gasteiger partial charge in [-0.3, -0.25) is 4.79 Å². The lowest BCUT2D eigenvalue weighted by Crippen LogP contribution is -2.38. The summed E-state index contributed by atoms with van der Waals surface area (Å²) in [6, 6.07) is 6.03. The minimum absolute atomic E-state index is 0.0520. The van der Waals surface area contributed by atoms with Crippen molar-refractivity contribution in [2.24, 2.45) is 5.92 Å². The van der Waals surface area contributed by atoms with E-state index < -0.39 is 0 Å². The van der Waals surface area contributed by atoms with Crippen molar-refractivity contribution in [1.82, 2.24) is 9.88 Å². The summed E-state index contributed by atoms with van der Waals surface area (Å²) in [5.41, 5.74) is 2.91. The summed E-state index contributed by atoms with van der Waals surface area (Å²) in [5, 5.41) is 2.69. The Balaban J connectivity index is 1.61. The van der Waals surface area contributed by atoms with Crippen molar-refractivity contribution >= 4 is 17.2 Å². The predicted molar refractivity (Wildman–Crippen MR) is 96.7 cm³/mol. The van der Waals surface area contributed by atoms with Crippen LogP contribution in [0.4, 0.5) is 0 Å². The molecule has 2 heterocycles. The van der Waals surface area contributed by atoms with E-state index in [0.29, 0.717) is 18.2 Å². The summed E-state index contributed by atoms with van der Waals surface area (Å²) in [7, 11) is 0.